The molecule has 1 aromatic rings. The lowest BCUT2D eigenvalue weighted by Crippen LogP contribution is -2.47. The summed E-state index contributed by atoms with van der Waals surface area (Å²) in [6.07, 6.45) is 2.45. The predicted molar refractivity (Wildman–Crippen MR) is 113 cm³/mol. The average molecular weight is 420 g/mol. The van der Waals surface area contributed by atoms with Crippen molar-refractivity contribution in [2.45, 2.75) is 52.2 Å². The third-order valence-electron chi connectivity index (χ3n) is 4.56. The lowest BCUT2D eigenvalue weighted by Gasteiger charge is -2.24. The van der Waals surface area contributed by atoms with Gasteiger partial charge >= 0.3 is 11.9 Å². The summed E-state index contributed by atoms with van der Waals surface area (Å²) in [7, 11) is 1.27. The molecular formula is C23H33NO6. The fraction of sp³-hybridized carbons (Fsp3) is 0.522. The maximum Gasteiger partial charge on any atom is 0.330 e. The number of hydrogen-bond donors (Lipinski definition) is 2. The number of esters is 2. The summed E-state index contributed by atoms with van der Waals surface area (Å²) in [4.78, 5) is 36.6. The summed E-state index contributed by atoms with van der Waals surface area (Å²) in [5.41, 5.74) is 1.02. The summed E-state index contributed by atoms with van der Waals surface area (Å²) in [5.74, 6) is -2.29. The lowest BCUT2D eigenvalue weighted by atomic mass is 9.92. The number of ether oxygens (including phenoxy) is 2. The van der Waals surface area contributed by atoms with E-state index in [1.807, 2.05) is 44.2 Å². The number of amides is 1. The maximum atomic E-state index is 13.0. The van der Waals surface area contributed by atoms with Crippen molar-refractivity contribution < 1.29 is 29.0 Å². The van der Waals surface area contributed by atoms with Crippen LogP contribution in [0.4, 0.5) is 0 Å². The van der Waals surface area contributed by atoms with Crippen LogP contribution in [0.5, 0.6) is 0 Å². The molecule has 0 unspecified atom stereocenters. The van der Waals surface area contributed by atoms with E-state index in [9.17, 15) is 19.5 Å². The highest BCUT2D eigenvalue weighted by Gasteiger charge is 2.30. The number of carbonyl (C=O) groups excluding carboxylic acids is 3. The van der Waals surface area contributed by atoms with Crippen molar-refractivity contribution >= 4 is 17.8 Å². The molecule has 7 heteroatoms. The summed E-state index contributed by atoms with van der Waals surface area (Å²) in [6, 6.07) is 8.77. The predicted octanol–water partition coefficient (Wildman–Crippen LogP) is 2.42. The molecule has 166 valence electrons. The molecule has 1 rings (SSSR count). The Bertz CT molecular complexity index is 701. The second-order valence-electron chi connectivity index (χ2n) is 7.45. The largest absolute Gasteiger partial charge is 0.467 e. The lowest BCUT2D eigenvalue weighted by molar-refractivity contribution is -0.146. The van der Waals surface area contributed by atoms with E-state index in [0.717, 1.165) is 11.6 Å². The molecule has 0 bridgehead atoms. The summed E-state index contributed by atoms with van der Waals surface area (Å²) >= 11 is 0. The SMILES string of the molecule is CCOC(=O)/C=C/[C@H](O)[C@H](CCc1ccccc1)C(=O)N[C@@H](CC(C)C)C(=O)OC. The molecule has 0 aliphatic rings. The first-order valence-corrected chi connectivity index (χ1v) is 10.2. The third kappa shape index (κ3) is 9.22. The number of aryl methyl sites for hydroxylation is 1. The Morgan fingerprint density at radius 3 is 2.40 bits per heavy atom. The van der Waals surface area contributed by atoms with Crippen LogP contribution in [0.3, 0.4) is 0 Å². The topological polar surface area (TPSA) is 102 Å². The van der Waals surface area contributed by atoms with E-state index in [4.69, 9.17) is 9.47 Å². The number of aliphatic hydroxyl groups is 1. The molecule has 0 spiro atoms. The van der Waals surface area contributed by atoms with Gasteiger partial charge in [-0.25, -0.2) is 9.59 Å². The molecule has 0 heterocycles. The second kappa shape index (κ2) is 13.5. The van der Waals surface area contributed by atoms with Gasteiger partial charge in [0.2, 0.25) is 5.91 Å². The van der Waals surface area contributed by atoms with Crippen LogP contribution in [0.2, 0.25) is 0 Å². The zero-order chi connectivity index (χ0) is 22.5. The maximum absolute atomic E-state index is 13.0. The Morgan fingerprint density at radius 2 is 1.83 bits per heavy atom. The van der Waals surface area contributed by atoms with Gasteiger partial charge < -0.3 is 19.9 Å². The van der Waals surface area contributed by atoms with Crippen LogP contribution < -0.4 is 5.32 Å². The first-order valence-electron chi connectivity index (χ1n) is 10.2. The zero-order valence-electron chi connectivity index (χ0n) is 18.2. The first kappa shape index (κ1) is 25.4. The van der Waals surface area contributed by atoms with Crippen LogP contribution in [0.15, 0.2) is 42.5 Å². The average Bonchev–Trinajstić information content (AvgIpc) is 2.72. The van der Waals surface area contributed by atoms with Gasteiger partial charge in [-0.3, -0.25) is 4.79 Å². The fourth-order valence-corrected chi connectivity index (χ4v) is 3.03. The normalized spacial score (nSPS) is 14.2. The number of aliphatic hydroxyl groups excluding tert-OH is 1. The summed E-state index contributed by atoms with van der Waals surface area (Å²) in [6.45, 7) is 5.77. The van der Waals surface area contributed by atoms with Crippen LogP contribution >= 0.6 is 0 Å². The second-order valence-corrected chi connectivity index (χ2v) is 7.45. The van der Waals surface area contributed by atoms with Gasteiger partial charge in [0.15, 0.2) is 0 Å². The van der Waals surface area contributed by atoms with Crippen LogP contribution in [-0.2, 0) is 30.3 Å². The van der Waals surface area contributed by atoms with Crippen molar-refractivity contribution in [1.29, 1.82) is 0 Å². The van der Waals surface area contributed by atoms with Gasteiger partial charge in [0.05, 0.1) is 25.7 Å². The van der Waals surface area contributed by atoms with E-state index in [1.54, 1.807) is 6.92 Å². The number of carbonyl (C=O) groups is 3. The summed E-state index contributed by atoms with van der Waals surface area (Å²) in [5, 5.41) is 13.3. The van der Waals surface area contributed by atoms with Gasteiger partial charge in [-0.15, -0.1) is 0 Å². The minimum Gasteiger partial charge on any atom is -0.467 e. The van der Waals surface area contributed by atoms with Crippen molar-refractivity contribution in [2.24, 2.45) is 11.8 Å². The Labute approximate surface area is 178 Å². The van der Waals surface area contributed by atoms with E-state index in [0.29, 0.717) is 19.3 Å². The molecular weight excluding hydrogens is 386 g/mol. The van der Waals surface area contributed by atoms with Crippen LogP contribution in [0, 0.1) is 11.8 Å². The van der Waals surface area contributed by atoms with Crippen molar-refractivity contribution in [2.75, 3.05) is 13.7 Å². The van der Waals surface area contributed by atoms with E-state index in [1.165, 1.54) is 13.2 Å². The Balaban J connectivity index is 2.96. The van der Waals surface area contributed by atoms with Gasteiger partial charge in [-0.2, -0.15) is 0 Å². The van der Waals surface area contributed by atoms with E-state index >= 15 is 0 Å². The standard InChI is InChI=1S/C23H33NO6/c1-5-30-21(26)14-13-20(25)18(12-11-17-9-7-6-8-10-17)22(27)24-19(15-16(2)3)23(28)29-4/h6-10,13-14,16,18-20,25H,5,11-12,15H2,1-4H3,(H,24,27)/b14-13+/t18-,19-,20-/m0/s1. The molecule has 0 saturated carbocycles. The van der Waals surface area contributed by atoms with E-state index < -0.39 is 35.9 Å². The van der Waals surface area contributed by atoms with Gasteiger partial charge in [0.25, 0.3) is 0 Å². The fourth-order valence-electron chi connectivity index (χ4n) is 3.03. The van der Waals surface area contributed by atoms with Crippen molar-refractivity contribution in [1.82, 2.24) is 5.32 Å². The molecule has 0 aliphatic heterocycles. The quantitative estimate of drug-likeness (QED) is 0.399. The number of rotatable bonds is 12. The molecule has 0 saturated heterocycles. The van der Waals surface area contributed by atoms with Crippen LogP contribution in [0.25, 0.3) is 0 Å². The highest BCUT2D eigenvalue weighted by molar-refractivity contribution is 5.86. The third-order valence-corrected chi connectivity index (χ3v) is 4.56. The van der Waals surface area contributed by atoms with E-state index in [2.05, 4.69) is 5.32 Å². The molecule has 7 nitrogen and oxygen atoms in total. The molecule has 1 amide bonds. The zero-order valence-corrected chi connectivity index (χ0v) is 18.2. The van der Waals surface area contributed by atoms with E-state index in [-0.39, 0.29) is 12.5 Å². The Morgan fingerprint density at radius 1 is 1.17 bits per heavy atom. The smallest absolute Gasteiger partial charge is 0.330 e. The number of hydrogen-bond acceptors (Lipinski definition) is 6. The van der Waals surface area contributed by atoms with Crippen LogP contribution in [0.1, 0.15) is 39.2 Å². The molecule has 30 heavy (non-hydrogen) atoms. The van der Waals surface area contributed by atoms with Crippen molar-refractivity contribution in [3.8, 4) is 0 Å². The number of nitrogens with one attached hydrogen (secondary N) is 1. The molecule has 0 fully saturated rings. The Hall–Kier alpha value is -2.67. The Kier molecular flexibility index (Phi) is 11.4. The van der Waals surface area contributed by atoms with Gasteiger partial charge in [0, 0.05) is 6.08 Å². The molecule has 1 aromatic carbocycles. The van der Waals surface area contributed by atoms with Gasteiger partial charge in [0.1, 0.15) is 6.04 Å². The number of methoxy groups -OCH3 is 1. The van der Waals surface area contributed by atoms with Crippen molar-refractivity contribution in [3.63, 3.8) is 0 Å². The molecule has 0 radical (unpaired) electrons. The molecule has 2 N–H and O–H groups in total. The minimum absolute atomic E-state index is 0.158. The van der Waals surface area contributed by atoms with Crippen molar-refractivity contribution in [3.05, 3.63) is 48.0 Å². The molecule has 3 atom stereocenters. The first-order chi connectivity index (χ1) is 14.3. The molecule has 0 aromatic heterocycles. The summed E-state index contributed by atoms with van der Waals surface area (Å²) < 4.78 is 9.62. The monoisotopic (exact) mass is 419 g/mol. The highest BCUT2D eigenvalue weighted by Crippen LogP contribution is 2.17. The number of benzene rings is 1. The van der Waals surface area contributed by atoms with Crippen LogP contribution in [-0.4, -0.2) is 48.8 Å². The highest BCUT2D eigenvalue weighted by atomic mass is 16.5. The molecule has 0 aliphatic carbocycles. The van der Waals surface area contributed by atoms with Gasteiger partial charge in [-0.1, -0.05) is 44.2 Å². The minimum atomic E-state index is -1.21. The van der Waals surface area contributed by atoms with Gasteiger partial charge in [-0.05, 0) is 43.7 Å².